The zero-order valence-electron chi connectivity index (χ0n) is 12.0. The van der Waals surface area contributed by atoms with Gasteiger partial charge in [-0.1, -0.05) is 17.7 Å². The Bertz CT molecular complexity index is 740. The standard InChI is InChI=1S/C17H14ClNO3/c1-22-15-4-2-3-13-14(20)9-10-19(16(13)15)17(21)11-5-7-12(18)8-6-11/h2-8H,9-10H2,1H3. The number of fused-ring (bicyclic) bond motifs is 1. The molecular weight excluding hydrogens is 302 g/mol. The van der Waals surface area contributed by atoms with Crippen molar-refractivity contribution >= 4 is 29.0 Å². The lowest BCUT2D eigenvalue weighted by Gasteiger charge is -2.30. The second-order valence-electron chi connectivity index (χ2n) is 4.99. The molecule has 1 aliphatic rings. The molecule has 0 bridgehead atoms. The van der Waals surface area contributed by atoms with Crippen LogP contribution in [0.2, 0.25) is 5.02 Å². The number of anilines is 1. The number of halogens is 1. The summed E-state index contributed by atoms with van der Waals surface area (Å²) in [5.74, 6) is 0.372. The van der Waals surface area contributed by atoms with Gasteiger partial charge < -0.3 is 9.64 Å². The van der Waals surface area contributed by atoms with Gasteiger partial charge in [0.05, 0.1) is 12.8 Å². The van der Waals surface area contributed by atoms with E-state index < -0.39 is 0 Å². The Morgan fingerprint density at radius 1 is 1.18 bits per heavy atom. The molecule has 0 saturated carbocycles. The molecule has 1 amide bonds. The molecule has 0 radical (unpaired) electrons. The molecule has 22 heavy (non-hydrogen) atoms. The maximum absolute atomic E-state index is 12.8. The van der Waals surface area contributed by atoms with Crippen LogP contribution in [0.25, 0.3) is 0 Å². The fourth-order valence-electron chi connectivity index (χ4n) is 2.60. The lowest BCUT2D eigenvalue weighted by atomic mass is 9.98. The number of ether oxygens (including phenoxy) is 1. The van der Waals surface area contributed by atoms with Crippen molar-refractivity contribution in [2.75, 3.05) is 18.6 Å². The minimum absolute atomic E-state index is 0.0223. The third-order valence-electron chi connectivity index (χ3n) is 3.69. The molecule has 2 aromatic rings. The first-order valence-corrected chi connectivity index (χ1v) is 7.27. The van der Waals surface area contributed by atoms with Crippen LogP contribution in [0.4, 0.5) is 5.69 Å². The van der Waals surface area contributed by atoms with E-state index in [0.29, 0.717) is 40.6 Å². The van der Waals surface area contributed by atoms with E-state index in [0.717, 1.165) is 0 Å². The number of methoxy groups -OCH3 is 1. The van der Waals surface area contributed by atoms with E-state index in [1.54, 1.807) is 47.4 Å². The molecule has 1 aliphatic heterocycles. The highest BCUT2D eigenvalue weighted by Gasteiger charge is 2.30. The highest BCUT2D eigenvalue weighted by Crippen LogP contribution is 2.36. The highest BCUT2D eigenvalue weighted by atomic mass is 35.5. The van der Waals surface area contributed by atoms with E-state index in [1.807, 2.05) is 0 Å². The fourth-order valence-corrected chi connectivity index (χ4v) is 2.73. The van der Waals surface area contributed by atoms with Gasteiger partial charge in [-0.3, -0.25) is 9.59 Å². The van der Waals surface area contributed by atoms with E-state index in [-0.39, 0.29) is 11.7 Å². The maximum atomic E-state index is 12.8. The van der Waals surface area contributed by atoms with Crippen LogP contribution < -0.4 is 9.64 Å². The predicted octanol–water partition coefficient (Wildman–Crippen LogP) is 3.58. The number of carbonyl (C=O) groups is 2. The monoisotopic (exact) mass is 315 g/mol. The molecule has 4 nitrogen and oxygen atoms in total. The quantitative estimate of drug-likeness (QED) is 0.851. The molecule has 1 heterocycles. The summed E-state index contributed by atoms with van der Waals surface area (Å²) >= 11 is 5.86. The zero-order valence-corrected chi connectivity index (χ0v) is 12.8. The summed E-state index contributed by atoms with van der Waals surface area (Å²) in [5, 5.41) is 0.573. The first-order valence-electron chi connectivity index (χ1n) is 6.89. The molecule has 2 aromatic carbocycles. The van der Waals surface area contributed by atoms with E-state index in [2.05, 4.69) is 0 Å². The van der Waals surface area contributed by atoms with Gasteiger partial charge in [0.15, 0.2) is 5.78 Å². The number of benzene rings is 2. The maximum Gasteiger partial charge on any atom is 0.258 e. The molecule has 112 valence electrons. The molecular formula is C17H14ClNO3. The van der Waals surface area contributed by atoms with E-state index >= 15 is 0 Å². The van der Waals surface area contributed by atoms with Gasteiger partial charge in [-0.2, -0.15) is 0 Å². The van der Waals surface area contributed by atoms with Gasteiger partial charge in [-0.25, -0.2) is 0 Å². The Kier molecular flexibility index (Phi) is 3.86. The normalized spacial score (nSPS) is 13.7. The van der Waals surface area contributed by atoms with Crippen LogP contribution in [0, 0.1) is 0 Å². The number of nitrogens with zero attached hydrogens (tertiary/aromatic N) is 1. The lowest BCUT2D eigenvalue weighted by molar-refractivity contribution is 0.0954. The fraction of sp³-hybridized carbons (Fsp3) is 0.176. The molecule has 0 aliphatic carbocycles. The minimum atomic E-state index is -0.171. The number of rotatable bonds is 2. The third kappa shape index (κ3) is 2.46. The summed E-state index contributed by atoms with van der Waals surface area (Å²) in [7, 11) is 1.53. The summed E-state index contributed by atoms with van der Waals surface area (Å²) < 4.78 is 5.33. The van der Waals surface area contributed by atoms with Crippen molar-refractivity contribution in [2.45, 2.75) is 6.42 Å². The first kappa shape index (κ1) is 14.6. The highest BCUT2D eigenvalue weighted by molar-refractivity contribution is 6.30. The number of para-hydroxylation sites is 1. The Hall–Kier alpha value is -2.33. The van der Waals surface area contributed by atoms with Crippen LogP contribution in [0.15, 0.2) is 42.5 Å². The van der Waals surface area contributed by atoms with Crippen molar-refractivity contribution < 1.29 is 14.3 Å². The van der Waals surface area contributed by atoms with E-state index in [1.165, 1.54) is 7.11 Å². The molecule has 0 aromatic heterocycles. The Morgan fingerprint density at radius 3 is 2.59 bits per heavy atom. The summed E-state index contributed by atoms with van der Waals surface area (Å²) in [6.45, 7) is 0.341. The van der Waals surface area contributed by atoms with Crippen LogP contribution in [0.1, 0.15) is 27.1 Å². The van der Waals surface area contributed by atoms with Crippen molar-refractivity contribution in [3.05, 3.63) is 58.6 Å². The number of Topliss-reactive ketones (excluding diaryl/α,β-unsaturated/α-hetero) is 1. The number of carbonyl (C=O) groups excluding carboxylic acids is 2. The van der Waals surface area contributed by atoms with Gasteiger partial charge in [-0.05, 0) is 36.4 Å². The average molecular weight is 316 g/mol. The average Bonchev–Trinajstić information content (AvgIpc) is 2.55. The number of ketones is 1. The summed E-state index contributed by atoms with van der Waals surface area (Å²) in [6.07, 6.45) is 0.305. The largest absolute Gasteiger partial charge is 0.495 e. The Labute approximate surface area is 133 Å². The SMILES string of the molecule is COc1cccc2c1N(C(=O)c1ccc(Cl)cc1)CCC2=O. The van der Waals surface area contributed by atoms with Gasteiger partial charge in [0.25, 0.3) is 5.91 Å². The Balaban J connectivity index is 2.06. The molecule has 5 heteroatoms. The smallest absolute Gasteiger partial charge is 0.258 e. The lowest BCUT2D eigenvalue weighted by Crippen LogP contribution is -2.37. The molecule has 3 rings (SSSR count). The van der Waals surface area contributed by atoms with Gasteiger partial charge in [0, 0.05) is 29.1 Å². The van der Waals surface area contributed by atoms with Crippen molar-refractivity contribution in [1.29, 1.82) is 0 Å². The number of amides is 1. The molecule has 0 fully saturated rings. The Morgan fingerprint density at radius 2 is 1.91 bits per heavy atom. The van der Waals surface area contributed by atoms with Crippen LogP contribution in [-0.4, -0.2) is 25.3 Å². The van der Waals surface area contributed by atoms with Crippen LogP contribution in [-0.2, 0) is 0 Å². The number of hydrogen-bond donors (Lipinski definition) is 0. The molecule has 0 unspecified atom stereocenters. The topological polar surface area (TPSA) is 46.6 Å². The summed E-state index contributed by atoms with van der Waals surface area (Å²) in [4.78, 5) is 26.5. The second kappa shape index (κ2) is 5.81. The number of hydrogen-bond acceptors (Lipinski definition) is 3. The zero-order chi connectivity index (χ0) is 15.7. The van der Waals surface area contributed by atoms with Crippen LogP contribution in [0.5, 0.6) is 5.75 Å². The van der Waals surface area contributed by atoms with Crippen LogP contribution in [0.3, 0.4) is 0 Å². The van der Waals surface area contributed by atoms with E-state index in [9.17, 15) is 9.59 Å². The van der Waals surface area contributed by atoms with Crippen molar-refractivity contribution in [1.82, 2.24) is 0 Å². The van der Waals surface area contributed by atoms with Gasteiger partial charge in [-0.15, -0.1) is 0 Å². The van der Waals surface area contributed by atoms with Crippen molar-refractivity contribution in [3.63, 3.8) is 0 Å². The summed E-state index contributed by atoms with van der Waals surface area (Å²) in [5.41, 5.74) is 1.59. The van der Waals surface area contributed by atoms with Crippen molar-refractivity contribution in [3.8, 4) is 5.75 Å². The van der Waals surface area contributed by atoms with Crippen molar-refractivity contribution in [2.24, 2.45) is 0 Å². The first-order chi connectivity index (χ1) is 10.6. The van der Waals surface area contributed by atoms with Gasteiger partial charge >= 0.3 is 0 Å². The predicted molar refractivity (Wildman–Crippen MR) is 85.1 cm³/mol. The van der Waals surface area contributed by atoms with Gasteiger partial charge in [0.1, 0.15) is 5.75 Å². The third-order valence-corrected chi connectivity index (χ3v) is 3.94. The molecule has 0 N–H and O–H groups in total. The second-order valence-corrected chi connectivity index (χ2v) is 5.43. The molecule has 0 saturated heterocycles. The van der Waals surface area contributed by atoms with Crippen LogP contribution >= 0.6 is 11.6 Å². The summed E-state index contributed by atoms with van der Waals surface area (Å²) in [6, 6.07) is 11.9. The minimum Gasteiger partial charge on any atom is -0.495 e. The molecule has 0 spiro atoms. The van der Waals surface area contributed by atoms with E-state index in [4.69, 9.17) is 16.3 Å². The van der Waals surface area contributed by atoms with Gasteiger partial charge in [0.2, 0.25) is 0 Å². The molecule has 0 atom stereocenters.